The van der Waals surface area contributed by atoms with E-state index < -0.39 is 0 Å². The summed E-state index contributed by atoms with van der Waals surface area (Å²) in [6.07, 6.45) is 0. The number of benzene rings is 2. The van der Waals surface area contributed by atoms with E-state index >= 15 is 0 Å². The zero-order valence-corrected chi connectivity index (χ0v) is 12.2. The van der Waals surface area contributed by atoms with Gasteiger partial charge in [0.25, 0.3) is 0 Å². The van der Waals surface area contributed by atoms with E-state index in [0.29, 0.717) is 5.56 Å². The molecule has 0 unspecified atom stereocenters. The first-order valence-corrected chi connectivity index (χ1v) is 6.65. The molecule has 0 aliphatic carbocycles. The third-order valence-corrected chi connectivity index (χ3v) is 3.61. The van der Waals surface area contributed by atoms with Crippen LogP contribution in [0.25, 0.3) is 22.4 Å². The van der Waals surface area contributed by atoms with Crippen LogP contribution < -0.4 is 4.74 Å². The Labute approximate surface area is 123 Å². The fourth-order valence-corrected chi connectivity index (χ4v) is 2.50. The van der Waals surface area contributed by atoms with Gasteiger partial charge in [-0.05, 0) is 37.3 Å². The predicted octanol–water partition coefficient (Wildman–Crippen LogP) is 3.43. The van der Waals surface area contributed by atoms with Crippen molar-refractivity contribution in [2.45, 2.75) is 6.92 Å². The van der Waals surface area contributed by atoms with Gasteiger partial charge in [-0.25, -0.2) is 4.98 Å². The molecule has 0 amide bonds. The van der Waals surface area contributed by atoms with Gasteiger partial charge in [-0.3, -0.25) is 0 Å². The standard InChI is InChI=1S/C17H15N3O/c1-11-4-7-16(21-3)13(8-11)17-19-14-6-5-12(10-18)9-15(14)20(17)2/h4-9H,1-3H3. The molecular formula is C17H15N3O. The first-order chi connectivity index (χ1) is 10.1. The molecule has 2 aromatic carbocycles. The number of nitriles is 1. The summed E-state index contributed by atoms with van der Waals surface area (Å²) < 4.78 is 7.44. The molecule has 21 heavy (non-hydrogen) atoms. The molecule has 0 fully saturated rings. The number of fused-ring (bicyclic) bond motifs is 1. The second-order valence-electron chi connectivity index (χ2n) is 5.01. The highest BCUT2D eigenvalue weighted by molar-refractivity contribution is 5.83. The van der Waals surface area contributed by atoms with Crippen LogP contribution >= 0.6 is 0 Å². The van der Waals surface area contributed by atoms with Crippen LogP contribution in [0.2, 0.25) is 0 Å². The van der Waals surface area contributed by atoms with Gasteiger partial charge in [-0.2, -0.15) is 5.26 Å². The lowest BCUT2D eigenvalue weighted by molar-refractivity contribution is 0.416. The molecule has 4 nitrogen and oxygen atoms in total. The third kappa shape index (κ3) is 2.13. The molecule has 0 radical (unpaired) electrons. The zero-order valence-electron chi connectivity index (χ0n) is 12.2. The average molecular weight is 277 g/mol. The van der Waals surface area contributed by atoms with Gasteiger partial charge in [0.15, 0.2) is 0 Å². The maximum absolute atomic E-state index is 9.03. The molecule has 104 valence electrons. The first kappa shape index (κ1) is 13.2. The third-order valence-electron chi connectivity index (χ3n) is 3.61. The quantitative estimate of drug-likeness (QED) is 0.721. The normalized spacial score (nSPS) is 10.6. The van der Waals surface area contributed by atoms with Crippen LogP contribution in [0.4, 0.5) is 0 Å². The van der Waals surface area contributed by atoms with Gasteiger partial charge in [0.05, 0.1) is 35.3 Å². The van der Waals surface area contributed by atoms with Gasteiger partial charge >= 0.3 is 0 Å². The Kier molecular flexibility index (Phi) is 3.11. The second-order valence-corrected chi connectivity index (χ2v) is 5.01. The number of imidazole rings is 1. The fraction of sp³-hybridized carbons (Fsp3) is 0.176. The maximum Gasteiger partial charge on any atom is 0.144 e. The Hall–Kier alpha value is -2.80. The minimum Gasteiger partial charge on any atom is -0.496 e. The van der Waals surface area contributed by atoms with Crippen LogP contribution in [0, 0.1) is 18.3 Å². The van der Waals surface area contributed by atoms with Crippen LogP contribution in [0.3, 0.4) is 0 Å². The van der Waals surface area contributed by atoms with Crippen LogP contribution in [-0.4, -0.2) is 16.7 Å². The predicted molar refractivity (Wildman–Crippen MR) is 82.2 cm³/mol. The molecule has 1 aromatic heterocycles. The minimum atomic E-state index is 0.633. The lowest BCUT2D eigenvalue weighted by Gasteiger charge is -2.09. The van der Waals surface area contributed by atoms with Crippen molar-refractivity contribution >= 4 is 11.0 Å². The van der Waals surface area contributed by atoms with Gasteiger partial charge in [-0.1, -0.05) is 11.6 Å². The SMILES string of the molecule is COc1ccc(C)cc1-c1nc2ccc(C#N)cc2n1C. The van der Waals surface area contributed by atoms with E-state index in [9.17, 15) is 0 Å². The molecule has 4 heteroatoms. The average Bonchev–Trinajstić information content (AvgIpc) is 2.83. The number of hydrogen-bond acceptors (Lipinski definition) is 3. The molecular weight excluding hydrogens is 262 g/mol. The summed E-state index contributed by atoms with van der Waals surface area (Å²) in [6.45, 7) is 2.04. The monoisotopic (exact) mass is 277 g/mol. The summed E-state index contributed by atoms with van der Waals surface area (Å²) in [4.78, 5) is 4.68. The van der Waals surface area contributed by atoms with Crippen molar-refractivity contribution in [3.8, 4) is 23.2 Å². The molecule has 1 heterocycles. The van der Waals surface area contributed by atoms with Crippen molar-refractivity contribution < 1.29 is 4.74 Å². The van der Waals surface area contributed by atoms with Gasteiger partial charge < -0.3 is 9.30 Å². The minimum absolute atomic E-state index is 0.633. The van der Waals surface area contributed by atoms with Crippen LogP contribution in [0.1, 0.15) is 11.1 Å². The lowest BCUT2D eigenvalue weighted by atomic mass is 10.1. The first-order valence-electron chi connectivity index (χ1n) is 6.65. The molecule has 3 aromatic rings. The van der Waals surface area contributed by atoms with E-state index in [4.69, 9.17) is 10.00 Å². The van der Waals surface area contributed by atoms with Crippen molar-refractivity contribution in [2.24, 2.45) is 7.05 Å². The molecule has 3 rings (SSSR count). The molecule has 0 atom stereocenters. The number of hydrogen-bond donors (Lipinski definition) is 0. The van der Waals surface area contributed by atoms with E-state index in [1.54, 1.807) is 13.2 Å². The lowest BCUT2D eigenvalue weighted by Crippen LogP contribution is -1.96. The number of aromatic nitrogens is 2. The number of methoxy groups -OCH3 is 1. The number of aryl methyl sites for hydroxylation is 2. The molecule has 0 saturated carbocycles. The Balaban J connectivity index is 2.29. The highest BCUT2D eigenvalue weighted by atomic mass is 16.5. The zero-order chi connectivity index (χ0) is 15.0. The van der Waals surface area contributed by atoms with Crippen molar-refractivity contribution in [3.05, 3.63) is 47.5 Å². The summed E-state index contributed by atoms with van der Waals surface area (Å²) in [5.74, 6) is 1.63. The molecule has 0 spiro atoms. The van der Waals surface area contributed by atoms with Crippen molar-refractivity contribution in [1.82, 2.24) is 9.55 Å². The molecule has 0 aliphatic heterocycles. The summed E-state index contributed by atoms with van der Waals surface area (Å²) in [6, 6.07) is 13.7. The van der Waals surface area contributed by atoms with E-state index in [2.05, 4.69) is 17.1 Å². The highest BCUT2D eigenvalue weighted by Gasteiger charge is 2.14. The molecule has 0 bridgehead atoms. The van der Waals surface area contributed by atoms with Gasteiger partial charge in [0.1, 0.15) is 11.6 Å². The van der Waals surface area contributed by atoms with Gasteiger partial charge in [-0.15, -0.1) is 0 Å². The van der Waals surface area contributed by atoms with Crippen molar-refractivity contribution in [3.63, 3.8) is 0 Å². The van der Waals surface area contributed by atoms with E-state index in [1.807, 2.05) is 42.8 Å². The Bertz CT molecular complexity index is 872. The van der Waals surface area contributed by atoms with E-state index in [-0.39, 0.29) is 0 Å². The van der Waals surface area contributed by atoms with Crippen molar-refractivity contribution in [2.75, 3.05) is 7.11 Å². The van der Waals surface area contributed by atoms with Gasteiger partial charge in [0.2, 0.25) is 0 Å². The molecule has 0 aliphatic rings. The summed E-state index contributed by atoms with van der Waals surface area (Å²) in [5, 5.41) is 9.03. The van der Waals surface area contributed by atoms with Crippen LogP contribution in [0.15, 0.2) is 36.4 Å². The summed E-state index contributed by atoms with van der Waals surface area (Å²) >= 11 is 0. The summed E-state index contributed by atoms with van der Waals surface area (Å²) in [5.41, 5.74) is 4.54. The Morgan fingerprint density at radius 2 is 2.00 bits per heavy atom. The number of rotatable bonds is 2. The van der Waals surface area contributed by atoms with E-state index in [0.717, 1.165) is 33.7 Å². The second kappa shape index (κ2) is 4.95. The highest BCUT2D eigenvalue weighted by Crippen LogP contribution is 2.32. The van der Waals surface area contributed by atoms with Gasteiger partial charge in [0, 0.05) is 7.05 Å². The van der Waals surface area contributed by atoms with Crippen LogP contribution in [0.5, 0.6) is 5.75 Å². The van der Waals surface area contributed by atoms with Crippen LogP contribution in [-0.2, 0) is 7.05 Å². The molecule has 0 saturated heterocycles. The maximum atomic E-state index is 9.03. The Morgan fingerprint density at radius 1 is 1.19 bits per heavy atom. The summed E-state index contributed by atoms with van der Waals surface area (Å²) in [7, 11) is 3.61. The smallest absolute Gasteiger partial charge is 0.144 e. The topological polar surface area (TPSA) is 50.8 Å². The Morgan fingerprint density at radius 3 is 2.71 bits per heavy atom. The van der Waals surface area contributed by atoms with Crippen molar-refractivity contribution in [1.29, 1.82) is 5.26 Å². The largest absolute Gasteiger partial charge is 0.496 e. The number of nitrogens with zero attached hydrogens (tertiary/aromatic N) is 3. The fourth-order valence-electron chi connectivity index (χ4n) is 2.50. The molecule has 0 N–H and O–H groups in total. The van der Waals surface area contributed by atoms with E-state index in [1.165, 1.54) is 0 Å². The number of ether oxygens (including phenoxy) is 1.